The van der Waals surface area contributed by atoms with E-state index in [-0.39, 0.29) is 6.04 Å². The van der Waals surface area contributed by atoms with Gasteiger partial charge in [-0.25, -0.2) is 0 Å². The third kappa shape index (κ3) is 5.47. The number of pyridine rings is 1. The van der Waals surface area contributed by atoms with Crippen LogP contribution in [0.1, 0.15) is 37.4 Å². The van der Waals surface area contributed by atoms with Gasteiger partial charge in [0.05, 0.1) is 11.6 Å². The summed E-state index contributed by atoms with van der Waals surface area (Å²) >= 11 is 0. The molecule has 0 unspecified atom stereocenters. The molecule has 1 N–H and O–H groups in total. The number of carbonyl (C=O) groups excluding carboxylic acids is 1. The molecule has 0 saturated heterocycles. The summed E-state index contributed by atoms with van der Waals surface area (Å²) in [5.41, 5.74) is -0.717. The Morgan fingerprint density at radius 3 is 2.35 bits per heavy atom. The van der Waals surface area contributed by atoms with Crippen molar-refractivity contribution in [3.63, 3.8) is 0 Å². The topological polar surface area (TPSA) is 51.1 Å². The first-order valence-electron chi connectivity index (χ1n) is 8.29. The van der Waals surface area contributed by atoms with E-state index in [2.05, 4.69) is 5.32 Å². The molecule has 1 aromatic carbocycles. The number of benzene rings is 1. The van der Waals surface area contributed by atoms with E-state index < -0.39 is 29.8 Å². The van der Waals surface area contributed by atoms with Gasteiger partial charge in [0.2, 0.25) is 5.91 Å². The lowest BCUT2D eigenvalue weighted by atomic mass is 9.97. The van der Waals surface area contributed by atoms with Crippen molar-refractivity contribution in [2.45, 2.75) is 39.0 Å². The molecule has 26 heavy (non-hydrogen) atoms. The maximum atomic E-state index is 12.8. The Hall–Kier alpha value is -2.57. The third-order valence-electron chi connectivity index (χ3n) is 3.87. The Labute approximate surface area is 149 Å². The number of nitrogens with zero attached hydrogens (tertiary/aromatic N) is 1. The fourth-order valence-electron chi connectivity index (χ4n) is 2.65. The fourth-order valence-corrected chi connectivity index (χ4v) is 2.65. The number of nitrogens with one attached hydrogen (secondary N) is 1. The molecule has 0 radical (unpaired) electrons. The highest BCUT2D eigenvalue weighted by Gasteiger charge is 2.31. The van der Waals surface area contributed by atoms with Crippen LogP contribution >= 0.6 is 0 Å². The molecule has 0 spiro atoms. The smallest absolute Gasteiger partial charge is 0.348 e. The van der Waals surface area contributed by atoms with Crippen LogP contribution in [0, 0.1) is 5.92 Å². The van der Waals surface area contributed by atoms with Crippen molar-refractivity contribution in [3.8, 4) is 0 Å². The fraction of sp³-hybridized carbons (Fsp3) is 0.368. The average Bonchev–Trinajstić information content (AvgIpc) is 2.55. The lowest BCUT2D eigenvalue weighted by Crippen LogP contribution is -2.35. The van der Waals surface area contributed by atoms with Crippen molar-refractivity contribution in [1.82, 2.24) is 9.88 Å². The van der Waals surface area contributed by atoms with E-state index in [9.17, 15) is 22.8 Å². The number of carbonyl (C=O) groups is 1. The summed E-state index contributed by atoms with van der Waals surface area (Å²) in [6.45, 7) is 3.56. The quantitative estimate of drug-likeness (QED) is 0.846. The summed E-state index contributed by atoms with van der Waals surface area (Å²) < 4.78 is 39.2. The van der Waals surface area contributed by atoms with Gasteiger partial charge in [0.25, 0.3) is 5.56 Å². The zero-order chi connectivity index (χ0) is 19.3. The minimum Gasteiger partial charge on any atom is -0.348 e. The number of alkyl halides is 3. The van der Waals surface area contributed by atoms with Crippen molar-refractivity contribution in [3.05, 3.63) is 70.1 Å². The molecule has 2 rings (SSSR count). The van der Waals surface area contributed by atoms with Crippen LogP contribution in [-0.2, 0) is 17.5 Å². The summed E-state index contributed by atoms with van der Waals surface area (Å²) in [6.07, 6.45) is -3.23. The Kier molecular flexibility index (Phi) is 6.23. The monoisotopic (exact) mass is 366 g/mol. The zero-order valence-corrected chi connectivity index (χ0v) is 14.6. The molecule has 0 bridgehead atoms. The number of aromatic nitrogens is 1. The lowest BCUT2D eigenvalue weighted by molar-refractivity contribution is -0.138. The van der Waals surface area contributed by atoms with Gasteiger partial charge in [-0.1, -0.05) is 44.2 Å². The molecule has 0 aliphatic rings. The average molecular weight is 366 g/mol. The molecular weight excluding hydrogens is 345 g/mol. The molecule has 140 valence electrons. The summed E-state index contributed by atoms with van der Waals surface area (Å²) in [5.74, 6) is -0.210. The number of halogens is 3. The summed E-state index contributed by atoms with van der Waals surface area (Å²) in [7, 11) is 0. The van der Waals surface area contributed by atoms with Crippen molar-refractivity contribution >= 4 is 5.91 Å². The molecule has 2 aromatic rings. The molecule has 1 atom stereocenters. The SMILES string of the molecule is CC(C)C[C@@H](NC(=O)Cn1cc(C(F)(F)F)ccc1=O)c1ccccc1. The van der Waals surface area contributed by atoms with Crippen LogP contribution in [0.3, 0.4) is 0 Å². The highest BCUT2D eigenvalue weighted by molar-refractivity contribution is 5.76. The van der Waals surface area contributed by atoms with Crippen LogP contribution in [0.25, 0.3) is 0 Å². The van der Waals surface area contributed by atoms with Crippen LogP contribution in [0.4, 0.5) is 13.2 Å². The predicted molar refractivity (Wildman–Crippen MR) is 92.5 cm³/mol. The second-order valence-corrected chi connectivity index (χ2v) is 6.54. The number of amides is 1. The van der Waals surface area contributed by atoms with E-state index in [4.69, 9.17) is 0 Å². The molecule has 0 saturated carbocycles. The molecule has 0 aliphatic heterocycles. The molecule has 0 fully saturated rings. The Morgan fingerprint density at radius 2 is 1.77 bits per heavy atom. The highest BCUT2D eigenvalue weighted by Crippen LogP contribution is 2.28. The number of hydrogen-bond donors (Lipinski definition) is 1. The lowest BCUT2D eigenvalue weighted by Gasteiger charge is -2.21. The number of hydrogen-bond acceptors (Lipinski definition) is 2. The van der Waals surface area contributed by atoms with Gasteiger partial charge < -0.3 is 9.88 Å². The minimum absolute atomic E-state index is 0.273. The Balaban J connectivity index is 2.17. The molecule has 4 nitrogen and oxygen atoms in total. The van der Waals surface area contributed by atoms with Gasteiger partial charge in [-0.3, -0.25) is 9.59 Å². The van der Waals surface area contributed by atoms with Gasteiger partial charge in [-0.2, -0.15) is 13.2 Å². The van der Waals surface area contributed by atoms with Crippen molar-refractivity contribution in [2.75, 3.05) is 0 Å². The zero-order valence-electron chi connectivity index (χ0n) is 14.6. The maximum absolute atomic E-state index is 12.8. The standard InChI is InChI=1S/C19H21F3N2O2/c1-13(2)10-16(14-6-4-3-5-7-14)23-17(25)12-24-11-15(19(20,21)22)8-9-18(24)26/h3-9,11,13,16H,10,12H2,1-2H3,(H,23,25)/t16-/m1/s1. The van der Waals surface area contributed by atoms with E-state index in [1.54, 1.807) is 0 Å². The Morgan fingerprint density at radius 1 is 1.12 bits per heavy atom. The van der Waals surface area contributed by atoms with E-state index in [1.165, 1.54) is 0 Å². The minimum atomic E-state index is -4.57. The van der Waals surface area contributed by atoms with Gasteiger partial charge in [-0.05, 0) is 24.0 Å². The number of rotatable bonds is 6. The first-order valence-corrected chi connectivity index (χ1v) is 8.29. The predicted octanol–water partition coefficient (Wildman–Crippen LogP) is 3.77. The van der Waals surface area contributed by atoms with E-state index >= 15 is 0 Å². The van der Waals surface area contributed by atoms with Gasteiger partial charge in [0.15, 0.2) is 0 Å². The summed E-state index contributed by atoms with van der Waals surface area (Å²) in [6, 6.07) is 10.6. The van der Waals surface area contributed by atoms with Crippen LogP contribution in [0.2, 0.25) is 0 Å². The highest BCUT2D eigenvalue weighted by atomic mass is 19.4. The van der Waals surface area contributed by atoms with Crippen molar-refractivity contribution in [2.24, 2.45) is 5.92 Å². The molecule has 0 aliphatic carbocycles. The summed E-state index contributed by atoms with van der Waals surface area (Å²) in [5, 5.41) is 2.82. The first-order chi connectivity index (χ1) is 12.2. The van der Waals surface area contributed by atoms with Gasteiger partial charge in [-0.15, -0.1) is 0 Å². The molecule has 1 heterocycles. The Bertz CT molecular complexity index is 798. The van der Waals surface area contributed by atoms with Crippen LogP contribution in [0.5, 0.6) is 0 Å². The van der Waals surface area contributed by atoms with Crippen LogP contribution in [-0.4, -0.2) is 10.5 Å². The third-order valence-corrected chi connectivity index (χ3v) is 3.87. The van der Waals surface area contributed by atoms with Gasteiger partial charge in [0.1, 0.15) is 6.54 Å². The van der Waals surface area contributed by atoms with Crippen molar-refractivity contribution in [1.29, 1.82) is 0 Å². The van der Waals surface area contributed by atoms with E-state index in [0.717, 1.165) is 16.2 Å². The van der Waals surface area contributed by atoms with Gasteiger partial charge >= 0.3 is 6.18 Å². The normalized spacial score (nSPS) is 12.8. The largest absolute Gasteiger partial charge is 0.417 e. The maximum Gasteiger partial charge on any atom is 0.417 e. The second-order valence-electron chi connectivity index (χ2n) is 6.54. The van der Waals surface area contributed by atoms with Crippen LogP contribution < -0.4 is 10.9 Å². The summed E-state index contributed by atoms with van der Waals surface area (Å²) in [4.78, 5) is 24.1. The molecule has 7 heteroatoms. The molecule has 1 aromatic heterocycles. The van der Waals surface area contributed by atoms with E-state index in [0.29, 0.717) is 24.6 Å². The first kappa shape index (κ1) is 19.8. The molecule has 1 amide bonds. The van der Waals surface area contributed by atoms with Crippen LogP contribution in [0.15, 0.2) is 53.5 Å². The van der Waals surface area contributed by atoms with Gasteiger partial charge in [0, 0.05) is 12.3 Å². The van der Waals surface area contributed by atoms with E-state index in [1.807, 2.05) is 44.2 Å². The van der Waals surface area contributed by atoms with Crippen molar-refractivity contribution < 1.29 is 18.0 Å². The second kappa shape index (κ2) is 8.21. The molecular formula is C19H21F3N2O2.